The number of halogens is 4. The first-order valence-corrected chi connectivity index (χ1v) is 12.9. The van der Waals surface area contributed by atoms with Gasteiger partial charge in [-0.25, -0.2) is 9.37 Å². The maximum atomic E-state index is 14.5. The predicted molar refractivity (Wildman–Crippen MR) is 142 cm³/mol. The number of pyridine rings is 1. The Morgan fingerprint density at radius 3 is 2.35 bits per heavy atom. The molecule has 1 unspecified atom stereocenters. The molecule has 0 aliphatic heterocycles. The SMILES string of the molecule is COc1cc(C(=O)CCC(O)(c2cc(C(C)(C)N)cc(-c3ccc(F)c(C)c3)n2)C(F)(F)F)ccc1OC1CC1. The number of Topliss-reactive ketones (excluding diaryl/α,β-unsaturated/α-hetero) is 1. The van der Waals surface area contributed by atoms with Crippen LogP contribution in [-0.4, -0.2) is 35.3 Å². The third kappa shape index (κ3) is 6.28. The van der Waals surface area contributed by atoms with Crippen LogP contribution in [0.4, 0.5) is 17.6 Å². The van der Waals surface area contributed by atoms with Gasteiger partial charge in [0.1, 0.15) is 5.82 Å². The molecule has 0 amide bonds. The van der Waals surface area contributed by atoms with Gasteiger partial charge in [-0.2, -0.15) is 13.2 Å². The number of methoxy groups -OCH3 is 1. The van der Waals surface area contributed by atoms with Gasteiger partial charge in [-0.1, -0.05) is 0 Å². The number of rotatable bonds is 10. The van der Waals surface area contributed by atoms with Crippen molar-refractivity contribution in [3.05, 3.63) is 76.7 Å². The predicted octanol–water partition coefficient (Wildman–Crippen LogP) is 6.35. The summed E-state index contributed by atoms with van der Waals surface area (Å²) >= 11 is 0. The Kier molecular flexibility index (Phi) is 7.97. The van der Waals surface area contributed by atoms with Gasteiger partial charge >= 0.3 is 6.18 Å². The molecular weight excluding hydrogens is 528 g/mol. The van der Waals surface area contributed by atoms with E-state index >= 15 is 0 Å². The lowest BCUT2D eigenvalue weighted by Gasteiger charge is -2.32. The lowest BCUT2D eigenvalue weighted by Crippen LogP contribution is -2.44. The quantitative estimate of drug-likeness (QED) is 0.222. The van der Waals surface area contributed by atoms with Crippen LogP contribution < -0.4 is 15.2 Å². The van der Waals surface area contributed by atoms with Crippen LogP contribution >= 0.6 is 0 Å². The van der Waals surface area contributed by atoms with Gasteiger partial charge in [0.05, 0.1) is 24.6 Å². The van der Waals surface area contributed by atoms with E-state index in [2.05, 4.69) is 4.98 Å². The van der Waals surface area contributed by atoms with Crippen LogP contribution in [0.2, 0.25) is 0 Å². The number of carbonyl (C=O) groups is 1. The third-order valence-electron chi connectivity index (χ3n) is 6.93. The molecule has 0 saturated heterocycles. The molecule has 1 aliphatic carbocycles. The fourth-order valence-corrected chi connectivity index (χ4v) is 4.22. The number of benzene rings is 2. The van der Waals surface area contributed by atoms with Crippen LogP contribution in [0.3, 0.4) is 0 Å². The van der Waals surface area contributed by atoms with Crippen LogP contribution in [0.15, 0.2) is 48.5 Å². The summed E-state index contributed by atoms with van der Waals surface area (Å²) in [5.41, 5.74) is 2.08. The number of nitrogens with zero attached hydrogens (tertiary/aromatic N) is 1. The Balaban J connectivity index is 1.69. The number of alkyl halides is 3. The number of aromatic nitrogens is 1. The number of ketones is 1. The molecule has 2 aromatic carbocycles. The summed E-state index contributed by atoms with van der Waals surface area (Å²) < 4.78 is 68.4. The van der Waals surface area contributed by atoms with Crippen molar-refractivity contribution >= 4 is 5.78 Å². The summed E-state index contributed by atoms with van der Waals surface area (Å²) in [6.45, 7) is 4.73. The first-order chi connectivity index (χ1) is 18.6. The number of nitrogens with two attached hydrogens (primary N) is 1. The fourth-order valence-electron chi connectivity index (χ4n) is 4.22. The molecule has 3 aromatic rings. The normalized spacial score (nSPS) is 15.4. The van der Waals surface area contributed by atoms with E-state index in [1.54, 1.807) is 19.9 Å². The summed E-state index contributed by atoms with van der Waals surface area (Å²) in [6.07, 6.45) is -4.88. The zero-order valence-corrected chi connectivity index (χ0v) is 22.7. The molecule has 214 valence electrons. The van der Waals surface area contributed by atoms with Crippen molar-refractivity contribution < 1.29 is 36.9 Å². The number of carbonyl (C=O) groups excluding carboxylic acids is 1. The molecule has 0 bridgehead atoms. The minimum atomic E-state index is -5.17. The molecule has 1 atom stereocenters. The zero-order valence-electron chi connectivity index (χ0n) is 22.7. The van der Waals surface area contributed by atoms with E-state index in [1.165, 1.54) is 50.4 Å². The second-order valence-corrected chi connectivity index (χ2v) is 10.8. The molecule has 1 aromatic heterocycles. The highest BCUT2D eigenvalue weighted by Gasteiger charge is 2.56. The van der Waals surface area contributed by atoms with Crippen molar-refractivity contribution in [3.63, 3.8) is 0 Å². The van der Waals surface area contributed by atoms with Crippen molar-refractivity contribution in [2.24, 2.45) is 5.73 Å². The number of aliphatic hydroxyl groups is 1. The summed E-state index contributed by atoms with van der Waals surface area (Å²) in [5, 5.41) is 11.1. The lowest BCUT2D eigenvalue weighted by molar-refractivity contribution is -0.270. The summed E-state index contributed by atoms with van der Waals surface area (Å²) in [5.74, 6) is -0.359. The average molecular weight is 561 g/mol. The molecular formula is C30H32F4N2O4. The van der Waals surface area contributed by atoms with Gasteiger partial charge in [-0.05, 0) is 99.7 Å². The van der Waals surface area contributed by atoms with Crippen molar-refractivity contribution in [1.82, 2.24) is 4.98 Å². The van der Waals surface area contributed by atoms with Crippen molar-refractivity contribution in [1.29, 1.82) is 0 Å². The molecule has 1 aliphatic rings. The number of ether oxygens (including phenoxy) is 2. The van der Waals surface area contributed by atoms with E-state index in [1.807, 2.05) is 0 Å². The highest BCUT2D eigenvalue weighted by molar-refractivity contribution is 5.96. The van der Waals surface area contributed by atoms with Crippen LogP contribution in [0, 0.1) is 12.7 Å². The third-order valence-corrected chi connectivity index (χ3v) is 6.93. The maximum Gasteiger partial charge on any atom is 0.422 e. The highest BCUT2D eigenvalue weighted by atomic mass is 19.4. The van der Waals surface area contributed by atoms with Crippen LogP contribution in [0.1, 0.15) is 66.7 Å². The Labute approximate surface area is 230 Å². The summed E-state index contributed by atoms with van der Waals surface area (Å²) in [4.78, 5) is 17.2. The van der Waals surface area contributed by atoms with Gasteiger partial charge in [0, 0.05) is 23.1 Å². The Bertz CT molecular complexity index is 1410. The second kappa shape index (κ2) is 10.8. The molecule has 10 heteroatoms. The fraction of sp³-hybridized carbons (Fsp3) is 0.400. The summed E-state index contributed by atoms with van der Waals surface area (Å²) in [6, 6.07) is 11.1. The lowest BCUT2D eigenvalue weighted by atomic mass is 9.86. The number of hydrogen-bond donors (Lipinski definition) is 2. The topological polar surface area (TPSA) is 94.7 Å². The molecule has 1 fully saturated rings. The average Bonchev–Trinajstić information content (AvgIpc) is 3.71. The second-order valence-electron chi connectivity index (χ2n) is 10.8. The molecule has 40 heavy (non-hydrogen) atoms. The van der Waals surface area contributed by atoms with E-state index in [0.717, 1.165) is 18.9 Å². The summed E-state index contributed by atoms with van der Waals surface area (Å²) in [7, 11) is 1.41. The first kappa shape index (κ1) is 29.5. The van der Waals surface area contributed by atoms with Gasteiger partial charge < -0.3 is 20.3 Å². The zero-order chi connectivity index (χ0) is 29.5. The van der Waals surface area contributed by atoms with Crippen molar-refractivity contribution in [2.45, 2.75) is 69.9 Å². The monoisotopic (exact) mass is 560 g/mol. The molecule has 6 nitrogen and oxygen atoms in total. The van der Waals surface area contributed by atoms with E-state index < -0.39 is 47.5 Å². The molecule has 3 N–H and O–H groups in total. The highest BCUT2D eigenvalue weighted by Crippen LogP contribution is 2.44. The van der Waals surface area contributed by atoms with Crippen molar-refractivity contribution in [3.8, 4) is 22.8 Å². The smallest absolute Gasteiger partial charge is 0.422 e. The van der Waals surface area contributed by atoms with Crippen LogP contribution in [0.5, 0.6) is 11.5 Å². The van der Waals surface area contributed by atoms with Gasteiger partial charge in [-0.15, -0.1) is 0 Å². The number of hydrogen-bond acceptors (Lipinski definition) is 6. The van der Waals surface area contributed by atoms with Gasteiger partial charge in [0.2, 0.25) is 5.60 Å². The van der Waals surface area contributed by atoms with Gasteiger partial charge in [-0.3, -0.25) is 4.79 Å². The van der Waals surface area contributed by atoms with E-state index in [9.17, 15) is 27.5 Å². The van der Waals surface area contributed by atoms with E-state index in [4.69, 9.17) is 15.2 Å². The van der Waals surface area contributed by atoms with Gasteiger partial charge in [0.15, 0.2) is 17.3 Å². The van der Waals surface area contributed by atoms with Crippen molar-refractivity contribution in [2.75, 3.05) is 7.11 Å². The van der Waals surface area contributed by atoms with E-state index in [0.29, 0.717) is 17.1 Å². The maximum absolute atomic E-state index is 14.5. The molecule has 4 rings (SSSR count). The Morgan fingerprint density at radius 2 is 1.77 bits per heavy atom. The number of aryl methyl sites for hydroxylation is 1. The molecule has 1 saturated carbocycles. The molecule has 0 spiro atoms. The van der Waals surface area contributed by atoms with Crippen LogP contribution in [-0.2, 0) is 11.1 Å². The standard InChI is InChI=1S/C30H32F4N2O4/c1-17-13-18(5-9-22(17)31)23-15-20(28(2,3)35)16-27(36-23)29(38,30(32,33)34)12-11-24(37)19-6-10-25(26(14-19)39-4)40-21-7-8-21/h5-6,9-10,13-16,21,38H,7-8,11-12,35H2,1-4H3. The minimum Gasteiger partial charge on any atom is -0.493 e. The Morgan fingerprint density at radius 1 is 1.07 bits per heavy atom. The minimum absolute atomic E-state index is 0.0825. The van der Waals surface area contributed by atoms with Crippen LogP contribution in [0.25, 0.3) is 11.3 Å². The molecule has 0 radical (unpaired) electrons. The molecule has 1 heterocycles. The first-order valence-electron chi connectivity index (χ1n) is 12.9. The van der Waals surface area contributed by atoms with Gasteiger partial charge in [0.25, 0.3) is 0 Å². The largest absolute Gasteiger partial charge is 0.493 e. The Hall–Kier alpha value is -3.50. The van der Waals surface area contributed by atoms with E-state index in [-0.39, 0.29) is 28.5 Å².